The minimum atomic E-state index is -0.493. The molecule has 2 aromatic carbocycles. The summed E-state index contributed by atoms with van der Waals surface area (Å²) in [5.41, 5.74) is 1.45. The van der Waals surface area contributed by atoms with Gasteiger partial charge in [-0.2, -0.15) is 0 Å². The van der Waals surface area contributed by atoms with Crippen molar-refractivity contribution in [2.45, 2.75) is 6.54 Å². The molecule has 24 heavy (non-hydrogen) atoms. The van der Waals surface area contributed by atoms with Gasteiger partial charge in [-0.25, -0.2) is 4.39 Å². The first kappa shape index (κ1) is 15.5. The number of halogens is 1. The van der Waals surface area contributed by atoms with Gasteiger partial charge >= 0.3 is 0 Å². The summed E-state index contributed by atoms with van der Waals surface area (Å²) in [5, 5.41) is 13.9. The SMILES string of the molecule is O=C(NCc1cccc([N+](=O)[O-])c1)c1cnc2ccc(F)cc2c1. The summed E-state index contributed by atoms with van der Waals surface area (Å²) in [4.78, 5) is 26.6. The maximum absolute atomic E-state index is 13.3. The van der Waals surface area contributed by atoms with Gasteiger partial charge in [0.05, 0.1) is 16.0 Å². The fourth-order valence-corrected chi connectivity index (χ4v) is 2.29. The Morgan fingerprint density at radius 2 is 2.04 bits per heavy atom. The van der Waals surface area contributed by atoms with E-state index < -0.39 is 10.7 Å². The predicted octanol–water partition coefficient (Wildman–Crippen LogP) is 3.21. The number of fused-ring (bicyclic) bond motifs is 1. The van der Waals surface area contributed by atoms with Gasteiger partial charge in [0.25, 0.3) is 11.6 Å². The number of pyridine rings is 1. The number of nitrogens with one attached hydrogen (secondary N) is 1. The molecule has 1 aromatic heterocycles. The van der Waals surface area contributed by atoms with Crippen LogP contribution in [0.15, 0.2) is 54.7 Å². The van der Waals surface area contributed by atoms with Crippen LogP contribution >= 0.6 is 0 Å². The molecule has 120 valence electrons. The van der Waals surface area contributed by atoms with Gasteiger partial charge in [-0.3, -0.25) is 19.9 Å². The van der Waals surface area contributed by atoms with Crippen LogP contribution in [0, 0.1) is 15.9 Å². The van der Waals surface area contributed by atoms with Crippen molar-refractivity contribution in [2.75, 3.05) is 0 Å². The number of non-ortho nitro benzene ring substituents is 1. The van der Waals surface area contributed by atoms with Gasteiger partial charge in [0.15, 0.2) is 0 Å². The molecule has 0 aliphatic carbocycles. The summed E-state index contributed by atoms with van der Waals surface area (Å²) in [6.45, 7) is 0.141. The summed E-state index contributed by atoms with van der Waals surface area (Å²) < 4.78 is 13.3. The monoisotopic (exact) mass is 325 g/mol. The lowest BCUT2D eigenvalue weighted by molar-refractivity contribution is -0.384. The number of carbonyl (C=O) groups excluding carboxylic acids is 1. The Labute approximate surface area is 136 Å². The fourth-order valence-electron chi connectivity index (χ4n) is 2.29. The number of nitro groups is 1. The molecule has 0 aliphatic heterocycles. The van der Waals surface area contributed by atoms with Crippen molar-refractivity contribution in [3.05, 3.63) is 81.8 Å². The number of rotatable bonds is 4. The third-order valence-electron chi connectivity index (χ3n) is 3.48. The molecule has 1 heterocycles. The van der Waals surface area contributed by atoms with E-state index in [0.717, 1.165) is 0 Å². The molecular weight excluding hydrogens is 313 g/mol. The van der Waals surface area contributed by atoms with Crippen LogP contribution in [0.2, 0.25) is 0 Å². The van der Waals surface area contributed by atoms with Crippen LogP contribution in [0.3, 0.4) is 0 Å². The zero-order chi connectivity index (χ0) is 17.1. The average Bonchev–Trinajstić information content (AvgIpc) is 2.59. The number of hydrogen-bond donors (Lipinski definition) is 1. The molecule has 0 radical (unpaired) electrons. The normalized spacial score (nSPS) is 10.5. The first-order chi connectivity index (χ1) is 11.5. The first-order valence-electron chi connectivity index (χ1n) is 7.10. The smallest absolute Gasteiger partial charge is 0.269 e. The van der Waals surface area contributed by atoms with E-state index in [1.807, 2.05) is 0 Å². The van der Waals surface area contributed by atoms with Crippen LogP contribution < -0.4 is 5.32 Å². The van der Waals surface area contributed by atoms with Crippen LogP contribution in [-0.4, -0.2) is 15.8 Å². The average molecular weight is 325 g/mol. The molecule has 0 unspecified atom stereocenters. The summed E-state index contributed by atoms with van der Waals surface area (Å²) in [6.07, 6.45) is 1.41. The third-order valence-corrected chi connectivity index (χ3v) is 3.48. The maximum Gasteiger partial charge on any atom is 0.269 e. The van der Waals surface area contributed by atoms with E-state index in [-0.39, 0.29) is 18.1 Å². The van der Waals surface area contributed by atoms with Crippen molar-refractivity contribution in [3.8, 4) is 0 Å². The molecule has 0 aliphatic rings. The molecule has 1 N–H and O–H groups in total. The number of nitrogens with zero attached hydrogens (tertiary/aromatic N) is 2. The third kappa shape index (κ3) is 3.35. The highest BCUT2D eigenvalue weighted by molar-refractivity contribution is 5.97. The number of amides is 1. The second-order valence-electron chi connectivity index (χ2n) is 5.17. The fraction of sp³-hybridized carbons (Fsp3) is 0.0588. The molecule has 0 saturated heterocycles. The lowest BCUT2D eigenvalue weighted by atomic mass is 10.1. The highest BCUT2D eigenvalue weighted by Gasteiger charge is 2.10. The quantitative estimate of drug-likeness (QED) is 0.589. The standard InChI is InChI=1S/C17H12FN3O3/c18-14-4-5-16-12(8-14)7-13(10-19-16)17(22)20-9-11-2-1-3-15(6-11)21(23)24/h1-8,10H,9H2,(H,20,22). The largest absolute Gasteiger partial charge is 0.348 e. The van der Waals surface area contributed by atoms with Crippen molar-refractivity contribution in [3.63, 3.8) is 0 Å². The Morgan fingerprint density at radius 1 is 1.21 bits per heavy atom. The molecule has 0 bridgehead atoms. The highest BCUT2D eigenvalue weighted by Crippen LogP contribution is 2.16. The molecular formula is C17H12FN3O3. The Morgan fingerprint density at radius 3 is 2.83 bits per heavy atom. The van der Waals surface area contributed by atoms with E-state index in [0.29, 0.717) is 22.0 Å². The van der Waals surface area contributed by atoms with E-state index in [1.54, 1.807) is 18.2 Å². The highest BCUT2D eigenvalue weighted by atomic mass is 19.1. The van der Waals surface area contributed by atoms with E-state index in [9.17, 15) is 19.3 Å². The van der Waals surface area contributed by atoms with Gasteiger partial charge in [0, 0.05) is 30.3 Å². The van der Waals surface area contributed by atoms with Gasteiger partial charge in [-0.15, -0.1) is 0 Å². The van der Waals surface area contributed by atoms with Crippen LogP contribution in [0.1, 0.15) is 15.9 Å². The Balaban J connectivity index is 1.75. The van der Waals surface area contributed by atoms with E-state index in [2.05, 4.69) is 10.3 Å². The molecule has 0 spiro atoms. The molecule has 7 heteroatoms. The lowest BCUT2D eigenvalue weighted by Crippen LogP contribution is -2.22. The number of carbonyl (C=O) groups is 1. The first-order valence-corrected chi connectivity index (χ1v) is 7.10. The van der Waals surface area contributed by atoms with Gasteiger partial charge in [0.2, 0.25) is 0 Å². The summed E-state index contributed by atoms with van der Waals surface area (Å²) in [5.74, 6) is -0.793. The van der Waals surface area contributed by atoms with Crippen molar-refractivity contribution >= 4 is 22.5 Å². The molecule has 3 aromatic rings. The lowest BCUT2D eigenvalue weighted by Gasteiger charge is -2.06. The van der Waals surface area contributed by atoms with Gasteiger partial charge in [-0.1, -0.05) is 12.1 Å². The number of nitro benzene ring substituents is 1. The van der Waals surface area contributed by atoms with Gasteiger partial charge < -0.3 is 5.32 Å². The predicted molar refractivity (Wildman–Crippen MR) is 86.0 cm³/mol. The molecule has 0 saturated carbocycles. The number of aromatic nitrogens is 1. The van der Waals surface area contributed by atoms with Crippen LogP contribution in [0.4, 0.5) is 10.1 Å². The van der Waals surface area contributed by atoms with Crippen molar-refractivity contribution in [1.82, 2.24) is 10.3 Å². The number of hydrogen-bond acceptors (Lipinski definition) is 4. The summed E-state index contributed by atoms with van der Waals surface area (Å²) in [7, 11) is 0. The molecule has 1 amide bonds. The topological polar surface area (TPSA) is 85.1 Å². The van der Waals surface area contributed by atoms with E-state index in [4.69, 9.17) is 0 Å². The molecule has 3 rings (SSSR count). The van der Waals surface area contributed by atoms with E-state index >= 15 is 0 Å². The maximum atomic E-state index is 13.3. The Hall–Kier alpha value is -3.35. The Bertz CT molecular complexity index is 943. The van der Waals surface area contributed by atoms with Crippen LogP contribution in [-0.2, 0) is 6.54 Å². The van der Waals surface area contributed by atoms with Crippen molar-refractivity contribution in [1.29, 1.82) is 0 Å². The Kier molecular flexibility index (Phi) is 4.15. The second kappa shape index (κ2) is 6.41. The molecule has 6 nitrogen and oxygen atoms in total. The molecule has 0 atom stereocenters. The van der Waals surface area contributed by atoms with Crippen molar-refractivity contribution < 1.29 is 14.1 Å². The van der Waals surface area contributed by atoms with E-state index in [1.165, 1.54) is 36.5 Å². The second-order valence-corrected chi connectivity index (χ2v) is 5.17. The minimum absolute atomic E-state index is 0.0374. The summed E-state index contributed by atoms with van der Waals surface area (Å²) in [6, 6.07) is 11.7. The van der Waals surface area contributed by atoms with Crippen LogP contribution in [0.25, 0.3) is 10.9 Å². The van der Waals surface area contributed by atoms with Gasteiger partial charge in [-0.05, 0) is 29.8 Å². The zero-order valence-corrected chi connectivity index (χ0v) is 12.4. The minimum Gasteiger partial charge on any atom is -0.348 e. The van der Waals surface area contributed by atoms with Crippen LogP contribution in [0.5, 0.6) is 0 Å². The summed E-state index contributed by atoms with van der Waals surface area (Å²) >= 11 is 0. The zero-order valence-electron chi connectivity index (χ0n) is 12.4. The van der Waals surface area contributed by atoms with Gasteiger partial charge in [0.1, 0.15) is 5.82 Å². The number of benzene rings is 2. The van der Waals surface area contributed by atoms with Crippen molar-refractivity contribution in [2.24, 2.45) is 0 Å². The molecule has 0 fully saturated rings.